The Kier molecular flexibility index (Phi) is 3.37. The Morgan fingerprint density at radius 1 is 1.18 bits per heavy atom. The summed E-state index contributed by atoms with van der Waals surface area (Å²) in [5.74, 6) is 0. The van der Waals surface area contributed by atoms with Gasteiger partial charge in [-0.3, -0.25) is 0 Å². The highest BCUT2D eigenvalue weighted by molar-refractivity contribution is 6.81. The minimum absolute atomic E-state index is 0.558. The van der Waals surface area contributed by atoms with E-state index < -0.39 is 8.07 Å². The molecule has 1 heteroatoms. The van der Waals surface area contributed by atoms with E-state index in [1.54, 1.807) is 0 Å². The molecule has 0 fully saturated rings. The van der Waals surface area contributed by atoms with Crippen LogP contribution in [0.25, 0.3) is 0 Å². The van der Waals surface area contributed by atoms with Gasteiger partial charge in [0.2, 0.25) is 0 Å². The van der Waals surface area contributed by atoms with Crippen molar-refractivity contribution in [3.63, 3.8) is 0 Å². The molecule has 0 saturated carbocycles. The fraction of sp³-hybridized carbons (Fsp3) is 1.00. The van der Waals surface area contributed by atoms with Crippen molar-refractivity contribution in [1.82, 2.24) is 0 Å². The van der Waals surface area contributed by atoms with Crippen molar-refractivity contribution in [1.29, 1.82) is 0 Å². The van der Waals surface area contributed by atoms with Crippen molar-refractivity contribution in [2.75, 3.05) is 0 Å². The predicted molar refractivity (Wildman–Crippen MR) is 56.9 cm³/mol. The summed E-state index contributed by atoms with van der Waals surface area (Å²) in [6.45, 7) is 16.9. The number of hydrogen-bond donors (Lipinski definition) is 0. The Morgan fingerprint density at radius 3 is 1.64 bits per heavy atom. The zero-order valence-electron chi connectivity index (χ0n) is 9.28. The Morgan fingerprint density at radius 2 is 1.55 bits per heavy atom. The molecule has 0 unspecified atom stereocenters. The van der Waals surface area contributed by atoms with E-state index in [0.29, 0.717) is 5.04 Å². The molecule has 0 aliphatic rings. The molecule has 1 atom stereocenters. The van der Waals surface area contributed by atoms with Gasteiger partial charge < -0.3 is 0 Å². The predicted octanol–water partition coefficient (Wildman–Crippen LogP) is 4.30. The first-order chi connectivity index (χ1) is 4.73. The van der Waals surface area contributed by atoms with Gasteiger partial charge in [-0.05, 0) is 10.6 Å². The Balaban J connectivity index is 4.45. The van der Waals surface area contributed by atoms with E-state index in [2.05, 4.69) is 47.7 Å². The third-order valence-electron chi connectivity index (χ3n) is 3.78. The largest absolute Gasteiger partial charge is 0.0688 e. The molecular formula is C10H24Si. The fourth-order valence-corrected chi connectivity index (χ4v) is 3.75. The van der Waals surface area contributed by atoms with Gasteiger partial charge in [-0.25, -0.2) is 0 Å². The smallest absolute Gasteiger partial charge is 0.0556 e. The highest BCUT2D eigenvalue weighted by Gasteiger charge is 2.38. The summed E-state index contributed by atoms with van der Waals surface area (Å²) >= 11 is 0. The fourth-order valence-electron chi connectivity index (χ4n) is 1.25. The third-order valence-corrected chi connectivity index (χ3v) is 10.5. The van der Waals surface area contributed by atoms with Crippen molar-refractivity contribution >= 4 is 8.07 Å². The Bertz CT molecular complexity index is 119. The quantitative estimate of drug-likeness (QED) is 0.545. The summed E-state index contributed by atoms with van der Waals surface area (Å²) in [5.41, 5.74) is 0.947. The molecule has 0 nitrogen and oxygen atoms in total. The van der Waals surface area contributed by atoms with Crippen LogP contribution < -0.4 is 0 Å². The molecule has 0 heterocycles. The summed E-state index contributed by atoms with van der Waals surface area (Å²) in [6.07, 6.45) is 1.34. The average Bonchev–Trinajstić information content (AvgIpc) is 1.83. The lowest BCUT2D eigenvalue weighted by molar-refractivity contribution is 0.675. The molecule has 0 amide bonds. The molecule has 68 valence electrons. The SMILES string of the molecule is CC[C@H](C)[Si](C)(C)C(C)(C)C. The summed E-state index contributed by atoms with van der Waals surface area (Å²) < 4.78 is 0. The van der Waals surface area contributed by atoms with E-state index in [4.69, 9.17) is 0 Å². The second kappa shape index (κ2) is 3.30. The van der Waals surface area contributed by atoms with Crippen LogP contribution in [-0.2, 0) is 0 Å². The molecule has 0 aromatic carbocycles. The Hall–Kier alpha value is 0.217. The minimum atomic E-state index is -1.01. The molecule has 0 spiro atoms. The molecule has 0 aliphatic carbocycles. The average molecular weight is 172 g/mol. The molecule has 11 heavy (non-hydrogen) atoms. The first-order valence-corrected chi connectivity index (χ1v) is 7.81. The van der Waals surface area contributed by atoms with Crippen LogP contribution in [0, 0.1) is 0 Å². The molecule has 0 rings (SSSR count). The van der Waals surface area contributed by atoms with Gasteiger partial charge in [-0.1, -0.05) is 54.1 Å². The zero-order chi connectivity index (χ0) is 9.28. The summed E-state index contributed by atoms with van der Waals surface area (Å²) in [4.78, 5) is 0. The maximum atomic E-state index is 2.52. The van der Waals surface area contributed by atoms with Crippen LogP contribution in [0.4, 0.5) is 0 Å². The van der Waals surface area contributed by atoms with E-state index in [0.717, 1.165) is 5.54 Å². The maximum absolute atomic E-state index is 2.52. The van der Waals surface area contributed by atoms with Gasteiger partial charge in [0.1, 0.15) is 0 Å². The van der Waals surface area contributed by atoms with Gasteiger partial charge >= 0.3 is 0 Å². The number of hydrogen-bond acceptors (Lipinski definition) is 0. The van der Waals surface area contributed by atoms with Gasteiger partial charge in [0.05, 0.1) is 8.07 Å². The van der Waals surface area contributed by atoms with E-state index in [1.807, 2.05) is 0 Å². The topological polar surface area (TPSA) is 0 Å². The second-order valence-corrected chi connectivity index (χ2v) is 11.2. The molecular weight excluding hydrogens is 148 g/mol. The van der Waals surface area contributed by atoms with Crippen LogP contribution in [-0.4, -0.2) is 8.07 Å². The van der Waals surface area contributed by atoms with Crippen molar-refractivity contribution in [2.45, 2.75) is 64.7 Å². The second-order valence-electron chi connectivity index (χ2n) is 5.28. The number of rotatable bonds is 2. The van der Waals surface area contributed by atoms with E-state index in [1.165, 1.54) is 6.42 Å². The van der Waals surface area contributed by atoms with Gasteiger partial charge in [-0.15, -0.1) is 0 Å². The first kappa shape index (κ1) is 11.2. The monoisotopic (exact) mass is 172 g/mol. The van der Waals surface area contributed by atoms with Crippen molar-refractivity contribution in [2.24, 2.45) is 0 Å². The first-order valence-electron chi connectivity index (χ1n) is 4.73. The van der Waals surface area contributed by atoms with Gasteiger partial charge in [-0.2, -0.15) is 0 Å². The maximum Gasteiger partial charge on any atom is 0.0556 e. The van der Waals surface area contributed by atoms with Gasteiger partial charge in [0.15, 0.2) is 0 Å². The van der Waals surface area contributed by atoms with Crippen LogP contribution >= 0.6 is 0 Å². The minimum Gasteiger partial charge on any atom is -0.0688 e. The summed E-state index contributed by atoms with van der Waals surface area (Å²) in [7, 11) is -1.01. The van der Waals surface area contributed by atoms with E-state index in [9.17, 15) is 0 Å². The van der Waals surface area contributed by atoms with Crippen LogP contribution in [0.2, 0.25) is 23.7 Å². The lowest BCUT2D eigenvalue weighted by atomic mass is 10.2. The summed E-state index contributed by atoms with van der Waals surface area (Å²) in [5, 5.41) is 0.558. The van der Waals surface area contributed by atoms with Crippen LogP contribution in [0.15, 0.2) is 0 Å². The van der Waals surface area contributed by atoms with Gasteiger partial charge in [0, 0.05) is 0 Å². The Labute approximate surface area is 73.4 Å². The molecule has 0 bridgehead atoms. The van der Waals surface area contributed by atoms with Crippen molar-refractivity contribution < 1.29 is 0 Å². The summed E-state index contributed by atoms with van der Waals surface area (Å²) in [6, 6.07) is 0. The third kappa shape index (κ3) is 2.33. The highest BCUT2D eigenvalue weighted by atomic mass is 28.3. The standard InChI is InChI=1S/C10H24Si/c1-8-9(2)11(6,7)10(3,4)5/h9H,8H2,1-7H3/t9-/m0/s1. The molecule has 0 radical (unpaired) electrons. The van der Waals surface area contributed by atoms with E-state index >= 15 is 0 Å². The molecule has 0 aromatic rings. The lowest BCUT2D eigenvalue weighted by Gasteiger charge is -2.41. The van der Waals surface area contributed by atoms with Crippen molar-refractivity contribution in [3.8, 4) is 0 Å². The molecule has 0 N–H and O–H groups in total. The zero-order valence-corrected chi connectivity index (χ0v) is 10.3. The van der Waals surface area contributed by atoms with E-state index in [-0.39, 0.29) is 0 Å². The van der Waals surface area contributed by atoms with Gasteiger partial charge in [0.25, 0.3) is 0 Å². The van der Waals surface area contributed by atoms with Crippen LogP contribution in [0.3, 0.4) is 0 Å². The normalized spacial score (nSPS) is 16.6. The van der Waals surface area contributed by atoms with Crippen molar-refractivity contribution in [3.05, 3.63) is 0 Å². The lowest BCUT2D eigenvalue weighted by Crippen LogP contribution is -2.40. The van der Waals surface area contributed by atoms with Crippen LogP contribution in [0.1, 0.15) is 41.0 Å². The molecule has 0 aromatic heterocycles. The molecule has 0 saturated heterocycles. The molecule has 0 aliphatic heterocycles. The van der Waals surface area contributed by atoms with Crippen LogP contribution in [0.5, 0.6) is 0 Å². The highest BCUT2D eigenvalue weighted by Crippen LogP contribution is 2.44.